The highest BCUT2D eigenvalue weighted by Gasteiger charge is 2.13. The van der Waals surface area contributed by atoms with Crippen LogP contribution in [0, 0.1) is 5.82 Å². The van der Waals surface area contributed by atoms with Gasteiger partial charge in [0.05, 0.1) is 18.8 Å². The Labute approximate surface area is 186 Å². The molecule has 0 radical (unpaired) electrons. The molecule has 3 aromatic rings. The number of thiazole rings is 1. The smallest absolute Gasteiger partial charge is 0.238 e. The summed E-state index contributed by atoms with van der Waals surface area (Å²) in [7, 11) is 0. The van der Waals surface area contributed by atoms with Crippen molar-refractivity contribution in [3.8, 4) is 10.6 Å². The number of amides is 1. The fraction of sp³-hybridized carbons (Fsp3) is 0.333. The predicted molar refractivity (Wildman–Crippen MR) is 125 cm³/mol. The second kappa shape index (κ2) is 10.5. The highest BCUT2D eigenvalue weighted by Crippen LogP contribution is 2.24. The molecule has 2 heterocycles. The van der Waals surface area contributed by atoms with Gasteiger partial charge in [-0.15, -0.1) is 11.3 Å². The Balaban J connectivity index is 1.26. The molecular weight excluding hydrogens is 411 g/mol. The second-order valence-corrected chi connectivity index (χ2v) is 8.68. The summed E-state index contributed by atoms with van der Waals surface area (Å²) >= 11 is 1.54. The van der Waals surface area contributed by atoms with Gasteiger partial charge in [0, 0.05) is 22.3 Å². The van der Waals surface area contributed by atoms with Crippen LogP contribution in [-0.2, 0) is 11.3 Å². The third-order valence-electron chi connectivity index (χ3n) is 5.35. The van der Waals surface area contributed by atoms with E-state index in [4.69, 9.17) is 0 Å². The first-order valence-corrected chi connectivity index (χ1v) is 11.6. The molecule has 7 heteroatoms. The van der Waals surface area contributed by atoms with E-state index in [1.54, 1.807) is 23.5 Å². The van der Waals surface area contributed by atoms with E-state index in [1.165, 1.54) is 37.8 Å². The molecule has 1 saturated heterocycles. The van der Waals surface area contributed by atoms with E-state index < -0.39 is 0 Å². The van der Waals surface area contributed by atoms with E-state index in [9.17, 15) is 9.18 Å². The van der Waals surface area contributed by atoms with Crippen molar-refractivity contribution in [1.82, 2.24) is 9.88 Å². The monoisotopic (exact) mass is 438 g/mol. The van der Waals surface area contributed by atoms with Gasteiger partial charge < -0.3 is 10.6 Å². The molecule has 1 aliphatic heterocycles. The van der Waals surface area contributed by atoms with Crippen LogP contribution < -0.4 is 10.6 Å². The van der Waals surface area contributed by atoms with Crippen LogP contribution in [-0.4, -0.2) is 35.4 Å². The Morgan fingerprint density at radius 3 is 2.35 bits per heavy atom. The van der Waals surface area contributed by atoms with Gasteiger partial charge >= 0.3 is 0 Å². The molecule has 2 aromatic carbocycles. The fourth-order valence-corrected chi connectivity index (χ4v) is 4.50. The van der Waals surface area contributed by atoms with Crippen LogP contribution in [0.1, 0.15) is 31.4 Å². The predicted octanol–water partition coefficient (Wildman–Crippen LogP) is 5.38. The number of carbonyl (C=O) groups is 1. The van der Waals surface area contributed by atoms with Crippen LogP contribution in [0.4, 0.5) is 15.8 Å². The number of aromatic nitrogens is 1. The van der Waals surface area contributed by atoms with Crippen molar-refractivity contribution in [1.29, 1.82) is 0 Å². The van der Waals surface area contributed by atoms with Crippen LogP contribution in [0.25, 0.3) is 10.6 Å². The number of likely N-dealkylation sites (tertiary alicyclic amines) is 1. The zero-order valence-corrected chi connectivity index (χ0v) is 18.3. The third-order valence-corrected chi connectivity index (χ3v) is 6.29. The molecule has 0 saturated carbocycles. The number of rotatable bonds is 7. The molecule has 4 rings (SSSR count). The lowest BCUT2D eigenvalue weighted by molar-refractivity contribution is -0.117. The van der Waals surface area contributed by atoms with E-state index in [-0.39, 0.29) is 11.7 Å². The molecule has 0 spiro atoms. The molecule has 1 amide bonds. The lowest BCUT2D eigenvalue weighted by Crippen LogP contribution is -2.33. The van der Waals surface area contributed by atoms with Crippen LogP contribution in [0.2, 0.25) is 0 Å². The van der Waals surface area contributed by atoms with Crippen molar-refractivity contribution in [2.24, 2.45) is 0 Å². The van der Waals surface area contributed by atoms with Gasteiger partial charge in [-0.2, -0.15) is 0 Å². The maximum absolute atomic E-state index is 13.1. The van der Waals surface area contributed by atoms with Crippen LogP contribution in [0.3, 0.4) is 0 Å². The molecule has 31 heavy (non-hydrogen) atoms. The average Bonchev–Trinajstić information content (AvgIpc) is 3.10. The summed E-state index contributed by atoms with van der Waals surface area (Å²) in [6.45, 7) is 3.07. The minimum absolute atomic E-state index is 0.0402. The van der Waals surface area contributed by atoms with E-state index in [1.807, 2.05) is 29.6 Å². The number of hydrogen-bond acceptors (Lipinski definition) is 5. The zero-order valence-electron chi connectivity index (χ0n) is 17.4. The summed E-state index contributed by atoms with van der Waals surface area (Å²) in [6.07, 6.45) is 4.89. The first kappa shape index (κ1) is 21.5. The number of carbonyl (C=O) groups excluding carboxylic acids is 1. The van der Waals surface area contributed by atoms with Gasteiger partial charge in [-0.25, -0.2) is 9.37 Å². The Hall–Kier alpha value is -2.77. The number of benzene rings is 2. The van der Waals surface area contributed by atoms with E-state index in [0.717, 1.165) is 40.7 Å². The molecule has 2 N–H and O–H groups in total. The highest BCUT2D eigenvalue weighted by molar-refractivity contribution is 7.13. The van der Waals surface area contributed by atoms with Crippen LogP contribution in [0.5, 0.6) is 0 Å². The van der Waals surface area contributed by atoms with Gasteiger partial charge in [-0.05, 0) is 74.5 Å². The molecule has 1 aliphatic rings. The maximum atomic E-state index is 13.1. The van der Waals surface area contributed by atoms with Gasteiger partial charge in [0.15, 0.2) is 0 Å². The number of halogens is 1. The standard InChI is InChI=1S/C24H27FN4OS/c25-19-7-5-18(6-8-19)24-28-22(17-31-24)15-26-20-9-11-21(12-10-20)27-23(30)16-29-13-3-1-2-4-14-29/h5-12,17,26H,1-4,13-16H2,(H,27,30). The summed E-state index contributed by atoms with van der Waals surface area (Å²) in [6, 6.07) is 14.1. The van der Waals surface area contributed by atoms with Gasteiger partial charge in [0.25, 0.3) is 0 Å². The third kappa shape index (κ3) is 6.35. The van der Waals surface area contributed by atoms with E-state index in [0.29, 0.717) is 13.1 Å². The molecular formula is C24H27FN4OS. The molecule has 0 unspecified atom stereocenters. The first-order valence-electron chi connectivity index (χ1n) is 10.7. The SMILES string of the molecule is O=C(CN1CCCCCC1)Nc1ccc(NCc2csc(-c3ccc(F)cc3)n2)cc1. The zero-order chi connectivity index (χ0) is 21.5. The Bertz CT molecular complexity index is 980. The topological polar surface area (TPSA) is 57.3 Å². The number of anilines is 2. The summed E-state index contributed by atoms with van der Waals surface area (Å²) in [5.41, 5.74) is 3.61. The van der Waals surface area contributed by atoms with E-state index >= 15 is 0 Å². The Morgan fingerprint density at radius 2 is 1.65 bits per heavy atom. The van der Waals surface area contributed by atoms with Crippen molar-refractivity contribution < 1.29 is 9.18 Å². The van der Waals surface area contributed by atoms with Gasteiger partial charge in [0.1, 0.15) is 10.8 Å². The molecule has 0 atom stereocenters. The summed E-state index contributed by atoms with van der Waals surface area (Å²) in [5, 5.41) is 9.22. The van der Waals surface area contributed by atoms with Crippen LogP contribution >= 0.6 is 11.3 Å². The van der Waals surface area contributed by atoms with Crippen molar-refractivity contribution in [3.63, 3.8) is 0 Å². The number of hydrogen-bond donors (Lipinski definition) is 2. The first-order chi connectivity index (χ1) is 15.2. The van der Waals surface area contributed by atoms with E-state index in [2.05, 4.69) is 20.5 Å². The number of nitrogens with zero attached hydrogens (tertiary/aromatic N) is 2. The van der Waals surface area contributed by atoms with Crippen molar-refractivity contribution in [2.75, 3.05) is 30.3 Å². The molecule has 5 nitrogen and oxygen atoms in total. The van der Waals surface area contributed by atoms with Crippen molar-refractivity contribution >= 4 is 28.6 Å². The molecule has 162 valence electrons. The van der Waals surface area contributed by atoms with Crippen molar-refractivity contribution in [2.45, 2.75) is 32.2 Å². The Kier molecular flexibility index (Phi) is 7.27. The second-order valence-electron chi connectivity index (χ2n) is 7.82. The molecule has 0 bridgehead atoms. The summed E-state index contributed by atoms with van der Waals surface area (Å²) in [4.78, 5) is 19.2. The highest BCUT2D eigenvalue weighted by atomic mass is 32.1. The van der Waals surface area contributed by atoms with Crippen molar-refractivity contribution in [3.05, 3.63) is 65.4 Å². The van der Waals surface area contributed by atoms with Crippen LogP contribution in [0.15, 0.2) is 53.9 Å². The molecule has 1 aromatic heterocycles. The van der Waals surface area contributed by atoms with Gasteiger partial charge in [-0.1, -0.05) is 12.8 Å². The van der Waals surface area contributed by atoms with Gasteiger partial charge in [0.2, 0.25) is 5.91 Å². The molecule has 1 fully saturated rings. The lowest BCUT2D eigenvalue weighted by Gasteiger charge is -2.19. The average molecular weight is 439 g/mol. The fourth-order valence-electron chi connectivity index (χ4n) is 3.68. The minimum Gasteiger partial charge on any atom is -0.379 e. The number of nitrogens with one attached hydrogen (secondary N) is 2. The largest absolute Gasteiger partial charge is 0.379 e. The minimum atomic E-state index is -0.247. The normalized spacial score (nSPS) is 14.7. The molecule has 0 aliphatic carbocycles. The quantitative estimate of drug-likeness (QED) is 0.520. The summed E-state index contributed by atoms with van der Waals surface area (Å²) < 4.78 is 13.1. The maximum Gasteiger partial charge on any atom is 0.238 e. The van der Waals surface area contributed by atoms with Gasteiger partial charge in [-0.3, -0.25) is 9.69 Å². The lowest BCUT2D eigenvalue weighted by atomic mass is 10.2. The Morgan fingerprint density at radius 1 is 0.968 bits per heavy atom. The summed E-state index contributed by atoms with van der Waals surface area (Å²) in [5.74, 6) is -0.206.